The third-order valence-electron chi connectivity index (χ3n) is 5.73. The van der Waals surface area contributed by atoms with Crippen LogP contribution in [-0.2, 0) is 0 Å². The summed E-state index contributed by atoms with van der Waals surface area (Å²) >= 11 is 0. The molecule has 4 aliphatic rings. The molecule has 0 radical (unpaired) electrons. The molecule has 4 atom stereocenters. The van der Waals surface area contributed by atoms with E-state index in [1.807, 2.05) is 30.3 Å². The molecule has 1 aliphatic heterocycles. The summed E-state index contributed by atoms with van der Waals surface area (Å²) in [6.45, 7) is 0.479. The third-order valence-corrected chi connectivity index (χ3v) is 5.73. The Morgan fingerprint density at radius 2 is 2.00 bits per heavy atom. The molecule has 0 bridgehead atoms. The van der Waals surface area contributed by atoms with Crippen molar-refractivity contribution in [1.29, 1.82) is 0 Å². The summed E-state index contributed by atoms with van der Waals surface area (Å²) in [6.07, 6.45) is 19.9. The normalized spacial score (nSPS) is 30.6. The molecule has 1 N–H and O–H groups in total. The first-order chi connectivity index (χ1) is 13.4. The zero-order valence-electron chi connectivity index (χ0n) is 15.3. The monoisotopic (exact) mass is 358 g/mol. The van der Waals surface area contributed by atoms with Crippen LogP contribution in [0.1, 0.15) is 14.3 Å². The third kappa shape index (κ3) is 3.42. The number of nitrogens with one attached hydrogen (secondary N) is 1. The van der Waals surface area contributed by atoms with Gasteiger partial charge < -0.3 is 10.1 Å². The molecule has 2 unspecified atom stereocenters. The van der Waals surface area contributed by atoms with Crippen LogP contribution in [0.3, 0.4) is 0 Å². The summed E-state index contributed by atoms with van der Waals surface area (Å²) in [5.74, 6) is 3.25. The molecule has 0 aromatic heterocycles. The van der Waals surface area contributed by atoms with Crippen molar-refractivity contribution in [3.63, 3.8) is 0 Å². The first-order valence-corrected chi connectivity index (χ1v) is 9.80. The van der Waals surface area contributed by atoms with Crippen LogP contribution in [0.25, 0.3) is 0 Å². The number of hydrogen-bond acceptors (Lipinski definition) is 3. The molecule has 1 aromatic rings. The average molecular weight is 358 g/mol. The Kier molecular flexibility index (Phi) is 4.29. The molecular weight excluding hydrogens is 332 g/mol. The quantitative estimate of drug-likeness (QED) is 0.833. The van der Waals surface area contributed by atoms with E-state index in [2.05, 4.69) is 53.9 Å². The van der Waals surface area contributed by atoms with E-state index in [4.69, 9.17) is 9.73 Å². The lowest BCUT2D eigenvalue weighted by Crippen LogP contribution is -2.39. The van der Waals surface area contributed by atoms with Gasteiger partial charge in [-0.2, -0.15) is 0 Å². The van der Waals surface area contributed by atoms with Crippen LogP contribution in [0.2, 0.25) is 0 Å². The lowest BCUT2D eigenvalue weighted by molar-refractivity contribution is 0.373. The molecule has 1 aromatic carbocycles. The highest BCUT2D eigenvalue weighted by molar-refractivity contribution is 5.87. The first kappa shape index (κ1) is 16.4. The molecule has 3 nitrogen and oxygen atoms in total. The second-order valence-corrected chi connectivity index (χ2v) is 7.56. The van der Waals surface area contributed by atoms with Crippen molar-refractivity contribution < 1.29 is 6.16 Å². The van der Waals surface area contributed by atoms with E-state index in [-0.39, 0.29) is 13.5 Å². The number of aliphatic imine (C=N–C) groups is 1. The molecule has 3 heteroatoms. The highest BCUT2D eigenvalue weighted by Crippen LogP contribution is 2.49. The van der Waals surface area contributed by atoms with Gasteiger partial charge in [0.25, 0.3) is 0 Å². The van der Waals surface area contributed by atoms with E-state index in [9.17, 15) is 0 Å². The molecule has 0 amide bonds. The first-order valence-electron chi connectivity index (χ1n) is 9.80. The summed E-state index contributed by atoms with van der Waals surface area (Å²) in [5, 5.41) is 3.69. The van der Waals surface area contributed by atoms with E-state index in [0.717, 1.165) is 23.9 Å². The van der Waals surface area contributed by atoms with Crippen molar-refractivity contribution in [1.82, 2.24) is 5.32 Å². The Balaban J connectivity index is 0.00000192. The lowest BCUT2D eigenvalue weighted by Gasteiger charge is -2.25. The van der Waals surface area contributed by atoms with Crippen molar-refractivity contribution in [2.24, 2.45) is 16.8 Å². The van der Waals surface area contributed by atoms with E-state index < -0.39 is 0 Å². The SMILES string of the molecule is C1=CC=C([C@@H]2N=C(COc3ccccc3)N[C@@H]2C2=CC=CC3CC23)CC=C1.[HH]. The highest BCUT2D eigenvalue weighted by atomic mass is 16.5. The van der Waals surface area contributed by atoms with Gasteiger partial charge in [-0.3, -0.25) is 4.99 Å². The van der Waals surface area contributed by atoms with Crippen LogP contribution in [0.5, 0.6) is 5.75 Å². The summed E-state index contributed by atoms with van der Waals surface area (Å²) < 4.78 is 5.95. The second-order valence-electron chi connectivity index (χ2n) is 7.56. The standard InChI is InChI=1S/C24H24N2O.H2/c1-2-5-10-17(9-4-1)23-24(20-14-8-11-18-15-21(18)20)26-22(25-23)16-27-19-12-6-3-7-13-19;/h1-9,11-14,18,21,23-24H,10,15-16H2,(H,25,26);1H/t18?,21?,23-,24+;/m0./s1. The average Bonchev–Trinajstić information content (AvgIpc) is 3.46. The molecule has 5 rings (SSSR count). The molecular formula is C24H26N2O. The molecule has 1 fully saturated rings. The van der Waals surface area contributed by atoms with E-state index in [1.54, 1.807) is 0 Å². The number of hydrogen-bond donors (Lipinski definition) is 1. The topological polar surface area (TPSA) is 33.6 Å². The van der Waals surface area contributed by atoms with Crippen molar-refractivity contribution in [3.8, 4) is 5.75 Å². The van der Waals surface area contributed by atoms with Crippen molar-refractivity contribution in [2.75, 3.05) is 6.61 Å². The van der Waals surface area contributed by atoms with Gasteiger partial charge >= 0.3 is 0 Å². The minimum Gasteiger partial charge on any atom is -0.486 e. The predicted octanol–water partition coefficient (Wildman–Crippen LogP) is 4.63. The van der Waals surface area contributed by atoms with E-state index >= 15 is 0 Å². The van der Waals surface area contributed by atoms with Gasteiger partial charge in [0, 0.05) is 1.43 Å². The minimum absolute atomic E-state index is 0. The van der Waals surface area contributed by atoms with Crippen LogP contribution in [0.15, 0.2) is 95.1 Å². The molecule has 0 saturated heterocycles. The number of allylic oxidation sites excluding steroid dienone is 8. The van der Waals surface area contributed by atoms with Gasteiger partial charge in [-0.05, 0) is 48.0 Å². The maximum absolute atomic E-state index is 5.95. The fraction of sp³-hybridized carbons (Fsp3) is 0.292. The Hall–Kier alpha value is -2.81. The number of fused-ring (bicyclic) bond motifs is 1. The maximum atomic E-state index is 5.95. The van der Waals surface area contributed by atoms with Crippen molar-refractivity contribution in [3.05, 3.63) is 90.1 Å². The Bertz CT molecular complexity index is 894. The van der Waals surface area contributed by atoms with Crippen LogP contribution in [0.4, 0.5) is 0 Å². The molecule has 1 saturated carbocycles. The van der Waals surface area contributed by atoms with Crippen LogP contribution in [0, 0.1) is 11.8 Å². The largest absolute Gasteiger partial charge is 0.486 e. The Labute approximate surface area is 162 Å². The minimum atomic E-state index is 0. The summed E-state index contributed by atoms with van der Waals surface area (Å²) in [6, 6.07) is 10.3. The van der Waals surface area contributed by atoms with Gasteiger partial charge in [0.1, 0.15) is 18.2 Å². The zero-order valence-corrected chi connectivity index (χ0v) is 15.3. The van der Waals surface area contributed by atoms with Gasteiger partial charge in [-0.25, -0.2) is 0 Å². The number of ether oxygens (including phenoxy) is 1. The highest BCUT2D eigenvalue weighted by Gasteiger charge is 2.45. The predicted molar refractivity (Wildman–Crippen MR) is 112 cm³/mol. The number of nitrogens with zero attached hydrogens (tertiary/aromatic N) is 1. The van der Waals surface area contributed by atoms with Crippen molar-refractivity contribution in [2.45, 2.75) is 24.9 Å². The van der Waals surface area contributed by atoms with Gasteiger partial charge in [0.2, 0.25) is 0 Å². The maximum Gasteiger partial charge on any atom is 0.145 e. The lowest BCUT2D eigenvalue weighted by atomic mass is 9.88. The fourth-order valence-corrected chi connectivity index (χ4v) is 4.24. The van der Waals surface area contributed by atoms with Crippen LogP contribution < -0.4 is 10.1 Å². The Morgan fingerprint density at radius 3 is 2.93 bits per heavy atom. The van der Waals surface area contributed by atoms with Gasteiger partial charge in [0.15, 0.2) is 0 Å². The molecule has 0 spiro atoms. The molecule has 3 aliphatic carbocycles. The smallest absolute Gasteiger partial charge is 0.145 e. The number of benzene rings is 1. The van der Waals surface area contributed by atoms with Crippen molar-refractivity contribution >= 4 is 5.84 Å². The van der Waals surface area contributed by atoms with Gasteiger partial charge in [-0.15, -0.1) is 0 Å². The summed E-state index contributed by atoms with van der Waals surface area (Å²) in [4.78, 5) is 5.06. The summed E-state index contributed by atoms with van der Waals surface area (Å²) in [5.41, 5.74) is 2.86. The van der Waals surface area contributed by atoms with Crippen LogP contribution in [-0.4, -0.2) is 24.5 Å². The van der Waals surface area contributed by atoms with Gasteiger partial charge in [-0.1, -0.05) is 66.8 Å². The van der Waals surface area contributed by atoms with Crippen LogP contribution >= 0.6 is 0 Å². The number of rotatable bonds is 5. The number of para-hydroxylation sites is 1. The number of amidine groups is 1. The molecule has 27 heavy (non-hydrogen) atoms. The summed E-state index contributed by atoms with van der Waals surface area (Å²) in [7, 11) is 0. The van der Waals surface area contributed by atoms with E-state index in [1.165, 1.54) is 17.6 Å². The van der Waals surface area contributed by atoms with Gasteiger partial charge in [0.05, 0.1) is 12.1 Å². The fourth-order valence-electron chi connectivity index (χ4n) is 4.24. The zero-order chi connectivity index (χ0) is 18.1. The van der Waals surface area contributed by atoms with E-state index in [0.29, 0.717) is 12.5 Å². The molecule has 1 heterocycles. The second kappa shape index (κ2) is 7.07. The Morgan fingerprint density at radius 1 is 1.07 bits per heavy atom. The molecule has 138 valence electrons.